The average Bonchev–Trinajstić information content (AvgIpc) is 1.67. The Labute approximate surface area is 664 Å². The Hall–Kier alpha value is -7.35. The van der Waals surface area contributed by atoms with Gasteiger partial charge >= 0.3 is 30.9 Å². The first-order valence-electron chi connectivity index (χ1n) is 34.2. The number of nitrogens with zero attached hydrogens (tertiary/aromatic N) is 6. The quantitative estimate of drug-likeness (QED) is 0.0204. The van der Waals surface area contributed by atoms with Crippen LogP contribution in [0.25, 0.3) is 0 Å². The highest BCUT2D eigenvalue weighted by Crippen LogP contribution is 2.42. The van der Waals surface area contributed by atoms with Crippen LogP contribution in [-0.2, 0) is 61.0 Å². The van der Waals surface area contributed by atoms with Crippen LogP contribution >= 0.6 is 69.1 Å². The highest BCUT2D eigenvalue weighted by atomic mass is 35.5. The van der Waals surface area contributed by atoms with E-state index in [1.54, 1.807) is 24.3 Å². The van der Waals surface area contributed by atoms with Crippen molar-refractivity contribution in [3.05, 3.63) is 230 Å². The summed E-state index contributed by atoms with van der Waals surface area (Å²) in [5.41, 5.74) is 4.21. The number of thiophene rings is 2. The van der Waals surface area contributed by atoms with E-state index in [1.807, 2.05) is 30.3 Å². The smallest absolute Gasteiger partial charge is 0.333 e. The van der Waals surface area contributed by atoms with Crippen molar-refractivity contribution < 1.29 is 91.3 Å². The van der Waals surface area contributed by atoms with Gasteiger partial charge in [-0.2, -0.15) is 25.3 Å². The molecule has 12 atom stereocenters. The summed E-state index contributed by atoms with van der Waals surface area (Å²) in [5.74, 6) is -2.77. The Morgan fingerprint density at radius 3 is 1.71 bits per heavy atom. The summed E-state index contributed by atoms with van der Waals surface area (Å²) < 4.78 is 106. The minimum Gasteiger partial charge on any atom is -0.460 e. The zero-order chi connectivity index (χ0) is 79.6. The molecule has 6 aromatic heterocycles. The van der Waals surface area contributed by atoms with Gasteiger partial charge in [0, 0.05) is 86.6 Å². The fourth-order valence-corrected chi connectivity index (χ4v) is 17.8. The zero-order valence-electron chi connectivity index (χ0n) is 58.2. The molecule has 1 aliphatic heterocycles. The summed E-state index contributed by atoms with van der Waals surface area (Å²) in [7, 11) is -12.3. The highest BCUT2D eigenvalue weighted by Gasteiger charge is 2.39. The summed E-state index contributed by atoms with van der Waals surface area (Å²) in [6.45, 7) is -0.0141. The fourth-order valence-electron chi connectivity index (χ4n) is 13.6. The van der Waals surface area contributed by atoms with Gasteiger partial charge in [-0.15, -0.1) is 22.7 Å². The summed E-state index contributed by atoms with van der Waals surface area (Å²) in [5, 5.41) is 74.3. The van der Waals surface area contributed by atoms with Gasteiger partial charge in [0.15, 0.2) is 5.76 Å². The molecule has 0 amide bonds. The van der Waals surface area contributed by atoms with E-state index in [9.17, 15) is 69.6 Å². The third kappa shape index (κ3) is 22.8. The first-order chi connectivity index (χ1) is 52.7. The first-order valence-corrected chi connectivity index (χ1v) is 41.8. The van der Waals surface area contributed by atoms with Gasteiger partial charge in [0.2, 0.25) is 17.3 Å². The van der Waals surface area contributed by atoms with Gasteiger partial charge in [-0.05, 0) is 135 Å². The number of aromatic nitrogens is 6. The van der Waals surface area contributed by atoms with Crippen LogP contribution in [0.4, 0.5) is 16.0 Å². The Kier molecular flexibility index (Phi) is 28.4. The molecule has 4 fully saturated rings. The Balaban J connectivity index is 0.000000165. The number of hydrogen-bond donors (Lipinski definition) is 10. The molecule has 111 heavy (non-hydrogen) atoms. The molecule has 3 saturated carbocycles. The summed E-state index contributed by atoms with van der Waals surface area (Å²) >= 11 is 26.6. The van der Waals surface area contributed by atoms with Crippen LogP contribution < -0.4 is 26.1 Å². The molecule has 3 unspecified atom stereocenters. The molecule has 0 bridgehead atoms. The van der Waals surface area contributed by atoms with Crippen LogP contribution in [0.15, 0.2) is 133 Å². The summed E-state index contributed by atoms with van der Waals surface area (Å²) in [6, 6.07) is 22.8. The van der Waals surface area contributed by atoms with Crippen molar-refractivity contribution in [2.45, 2.75) is 113 Å². The van der Waals surface area contributed by atoms with Crippen molar-refractivity contribution in [2.24, 2.45) is 39.1 Å². The molecule has 9 aromatic rings. The molecule has 3 aromatic carbocycles. The Morgan fingerprint density at radius 1 is 0.604 bits per heavy atom. The first kappa shape index (κ1) is 84.6. The zero-order valence-corrected chi connectivity index (χ0v) is 65.4. The van der Waals surface area contributed by atoms with E-state index in [4.69, 9.17) is 71.0 Å². The van der Waals surface area contributed by atoms with Gasteiger partial charge in [0.25, 0.3) is 0 Å². The van der Waals surface area contributed by atoms with Crippen LogP contribution in [0.1, 0.15) is 160 Å². The minimum atomic E-state index is -4.14. The monoisotopic (exact) mass is 1700 g/mol. The number of nitrogens with two attached hydrogens (primary N) is 3. The van der Waals surface area contributed by atoms with Crippen molar-refractivity contribution >= 4 is 129 Å². The van der Waals surface area contributed by atoms with E-state index in [0.29, 0.717) is 94.7 Å². The number of rotatable bonds is 28. The molecule has 40 heteroatoms. The Morgan fingerprint density at radius 2 is 1.14 bits per heavy atom. The SMILES string of the molecule is NS(=O)(=O)OC[C@H]1C[C@@H](Cc2ncncc2C(=O)c2cc(C(O)c3cccc(Cl)c3)co2)C[C@@H]1O.NS(=O)(=O)OC[C@H]1C[C@@H](Nc2ncncc2C(=O)c2cc(C(O)c3cccc(Cl)c3F)c(Cl)s2)C[C@@H]1O.NS(=O)(=O)OC[C@H]1C[C@@H](Nc2ncncc2C(=O)c2cc(Cc3cccc(Cl)c3)c(C3CCCO3)s2)C[C@@H]1O. The molecule has 3 aliphatic carbocycles. The van der Waals surface area contributed by atoms with Gasteiger partial charge in [-0.25, -0.2) is 49.7 Å². The lowest BCUT2D eigenvalue weighted by Gasteiger charge is -2.15. The number of carbonyl (C=O) groups is 3. The topological polar surface area (TPSA) is 484 Å². The number of hydrogen-bond acceptors (Lipinski definition) is 29. The normalized spacial score (nSPS) is 21.7. The van der Waals surface area contributed by atoms with Gasteiger partial charge < -0.3 is 45.3 Å². The van der Waals surface area contributed by atoms with Crippen molar-refractivity contribution in [3.63, 3.8) is 0 Å². The van der Waals surface area contributed by atoms with Crippen LogP contribution in [0.5, 0.6) is 0 Å². The lowest BCUT2D eigenvalue weighted by Crippen LogP contribution is -2.24. The van der Waals surface area contributed by atoms with Gasteiger partial charge in [0.1, 0.15) is 48.6 Å². The number of aliphatic hydroxyl groups is 5. The van der Waals surface area contributed by atoms with Crippen molar-refractivity contribution in [1.82, 2.24) is 29.9 Å². The minimum absolute atomic E-state index is 0.0167. The number of benzene rings is 3. The predicted octanol–water partition coefficient (Wildman–Crippen LogP) is 8.89. The van der Waals surface area contributed by atoms with Crippen LogP contribution in [-0.4, -0.2) is 155 Å². The second kappa shape index (κ2) is 37.3. The maximum atomic E-state index is 14.4. The van der Waals surface area contributed by atoms with E-state index in [0.717, 1.165) is 40.2 Å². The lowest BCUT2D eigenvalue weighted by atomic mass is 9.96. The number of aliphatic hydroxyl groups excluding tert-OH is 5. The molecular formula is C71H74Cl4FN11O19S5. The van der Waals surface area contributed by atoms with Crippen LogP contribution in [0, 0.1) is 29.5 Å². The van der Waals surface area contributed by atoms with Gasteiger partial charge in [0.05, 0.1) is 92.0 Å². The van der Waals surface area contributed by atoms with Gasteiger partial charge in [-0.1, -0.05) is 82.8 Å². The Bertz CT molecular complexity index is 5180. The van der Waals surface area contributed by atoms with Crippen LogP contribution in [0.2, 0.25) is 19.4 Å². The number of carbonyl (C=O) groups excluding carboxylic acids is 3. The number of ether oxygens (including phenoxy) is 1. The maximum Gasteiger partial charge on any atom is 0.333 e. The molecule has 13 rings (SSSR count). The number of anilines is 2. The van der Waals surface area contributed by atoms with E-state index >= 15 is 0 Å². The largest absolute Gasteiger partial charge is 0.460 e. The molecule has 7 heterocycles. The van der Waals surface area contributed by atoms with Crippen molar-refractivity contribution in [1.29, 1.82) is 0 Å². The predicted molar refractivity (Wildman–Crippen MR) is 407 cm³/mol. The van der Waals surface area contributed by atoms with Crippen molar-refractivity contribution in [3.8, 4) is 0 Å². The molecule has 0 radical (unpaired) electrons. The summed E-state index contributed by atoms with van der Waals surface area (Å²) in [4.78, 5) is 66.7. The third-order valence-corrected chi connectivity index (χ3v) is 23.7. The van der Waals surface area contributed by atoms with Gasteiger partial charge in [-0.3, -0.25) is 26.9 Å². The fraction of sp³-hybridized carbons (Fsp3) is 0.366. The van der Waals surface area contributed by atoms with Crippen LogP contribution in [0.3, 0.4) is 0 Å². The standard InChI is InChI=1S/C26H29ClN4O6S2.C23H24ClN3O7S.C22H21Cl2FN4O6S2/c27-18-4-1-3-15(8-18)7-16-10-23(38-25(16)22-5-2-6-36-22)24(33)20-12-29-14-30-26(20)31-19-9-17(21(32)11-19)13-37-39(28,34)35;24-17-3-1-2-14(7-17)22(29)16-8-21(33-10-16)23(30)18-9-26-12-27-19(18)5-13-4-15(20(28)6-13)11-34-35(25,31)32;23-15-3-1-2-12(18(15)25)19(31)13-6-17(36-21(13)24)20(32)14-7-27-9-28-22(14)29-11-4-10(16(30)5-11)8-35-37(26,33)34/h1,3-4,8,10,12,14,17,19,21-22,32H,2,5-7,9,11,13H2,(H2,28,34,35)(H,29,30,31);1-3,7-10,12-13,15,20,22,28-29H,4-6,11H2,(H2,25,31,32);1-3,6-7,9-11,16,19,30-31H,4-5,8H2,(H2,26,33,34)(H,27,28,29)/t17-,19-,21+,22?;13-,15+,20-,22?;10-,11-,16+,19?/m101/s1. The third-order valence-electron chi connectivity index (χ3n) is 18.9. The average molecular weight is 1710 g/mol. The second-order valence-electron chi connectivity index (χ2n) is 26.8. The molecule has 1 saturated heterocycles. The van der Waals surface area contributed by atoms with E-state index in [-0.39, 0.29) is 104 Å². The molecule has 30 nitrogen and oxygen atoms in total. The number of furan rings is 1. The lowest BCUT2D eigenvalue weighted by molar-refractivity contribution is 0.0998. The number of halogens is 5. The molecule has 4 aliphatic rings. The van der Waals surface area contributed by atoms with E-state index in [1.165, 1.54) is 85.5 Å². The second-order valence-corrected chi connectivity index (χ2v) is 34.5. The highest BCUT2D eigenvalue weighted by molar-refractivity contribution is 7.84. The number of nitrogens with one attached hydrogen (secondary N) is 2. The van der Waals surface area contributed by atoms with Crippen molar-refractivity contribution in [2.75, 3.05) is 37.1 Å². The number of ketones is 3. The maximum absolute atomic E-state index is 14.4. The molecule has 592 valence electrons. The molecule has 13 N–H and O–H groups in total. The van der Waals surface area contributed by atoms with E-state index < -0.39 is 96.6 Å². The summed E-state index contributed by atoms with van der Waals surface area (Å²) in [6.07, 6.45) is 9.56. The molecule has 0 spiro atoms. The molecular weight excluding hydrogens is 1630 g/mol. The van der Waals surface area contributed by atoms with E-state index in [2.05, 4.69) is 53.1 Å².